The summed E-state index contributed by atoms with van der Waals surface area (Å²) in [6, 6.07) is 14.7. The van der Waals surface area contributed by atoms with Crippen molar-refractivity contribution in [3.05, 3.63) is 70.3 Å². The smallest absolute Gasteiger partial charge is 0.255 e. The first-order valence-electron chi connectivity index (χ1n) is 6.74. The molecule has 1 aromatic heterocycles. The van der Waals surface area contributed by atoms with Crippen LogP contribution in [0.2, 0.25) is 0 Å². The first-order valence-corrected chi connectivity index (χ1v) is 7.54. The molecular formula is C17H13BrN2O2. The van der Waals surface area contributed by atoms with Crippen LogP contribution in [0.5, 0.6) is 5.75 Å². The maximum absolute atomic E-state index is 12.2. The summed E-state index contributed by atoms with van der Waals surface area (Å²) in [5, 5.41) is 13.8. The van der Waals surface area contributed by atoms with Crippen molar-refractivity contribution in [1.82, 2.24) is 10.3 Å². The molecular weight excluding hydrogens is 344 g/mol. The lowest BCUT2D eigenvalue weighted by Crippen LogP contribution is -2.22. The van der Waals surface area contributed by atoms with Crippen LogP contribution >= 0.6 is 15.9 Å². The lowest BCUT2D eigenvalue weighted by Gasteiger charge is -2.08. The number of hydrogen-bond acceptors (Lipinski definition) is 3. The number of halogens is 1. The van der Waals surface area contributed by atoms with Crippen LogP contribution in [0.15, 0.2) is 59.2 Å². The molecule has 0 atom stereocenters. The van der Waals surface area contributed by atoms with Gasteiger partial charge in [-0.1, -0.05) is 40.2 Å². The Hall–Kier alpha value is -2.40. The molecule has 0 aliphatic heterocycles. The number of nitrogens with one attached hydrogen (secondary N) is 1. The number of phenolic OH excluding ortho intramolecular Hbond substituents is 1. The minimum Gasteiger partial charge on any atom is -0.505 e. The van der Waals surface area contributed by atoms with Gasteiger partial charge in [-0.3, -0.25) is 9.78 Å². The van der Waals surface area contributed by atoms with Gasteiger partial charge in [0.05, 0.1) is 5.56 Å². The van der Waals surface area contributed by atoms with Crippen molar-refractivity contribution in [3.8, 4) is 5.75 Å². The van der Waals surface area contributed by atoms with Crippen LogP contribution in [0.3, 0.4) is 0 Å². The zero-order chi connectivity index (χ0) is 15.5. The number of amides is 1. The third kappa shape index (κ3) is 2.94. The molecule has 2 aromatic carbocycles. The lowest BCUT2D eigenvalue weighted by atomic mass is 10.1. The Kier molecular flexibility index (Phi) is 4.06. The molecule has 3 rings (SSSR count). The van der Waals surface area contributed by atoms with Gasteiger partial charge in [-0.25, -0.2) is 0 Å². The number of aromatic hydroxyl groups is 1. The van der Waals surface area contributed by atoms with Gasteiger partial charge in [0, 0.05) is 22.6 Å². The Bertz CT molecular complexity index is 832. The number of phenols is 1. The Labute approximate surface area is 135 Å². The van der Waals surface area contributed by atoms with E-state index in [1.54, 1.807) is 24.4 Å². The van der Waals surface area contributed by atoms with Gasteiger partial charge in [-0.15, -0.1) is 0 Å². The molecule has 2 N–H and O–H groups in total. The summed E-state index contributed by atoms with van der Waals surface area (Å²) in [6.45, 7) is 0.395. The van der Waals surface area contributed by atoms with Gasteiger partial charge in [-0.05, 0) is 29.8 Å². The van der Waals surface area contributed by atoms with Crippen molar-refractivity contribution in [1.29, 1.82) is 0 Å². The summed E-state index contributed by atoms with van der Waals surface area (Å²) in [6.07, 6.45) is 1.59. The summed E-state index contributed by atoms with van der Waals surface area (Å²) in [4.78, 5) is 16.4. The fourth-order valence-corrected chi connectivity index (χ4v) is 2.46. The maximum Gasteiger partial charge on any atom is 0.255 e. The molecule has 0 saturated carbocycles. The topological polar surface area (TPSA) is 62.2 Å². The number of pyridine rings is 1. The van der Waals surface area contributed by atoms with Gasteiger partial charge in [0.25, 0.3) is 5.91 Å². The molecule has 0 aliphatic rings. The number of benzene rings is 2. The van der Waals surface area contributed by atoms with E-state index in [4.69, 9.17) is 0 Å². The predicted octanol–water partition coefficient (Wildman–Crippen LogP) is 3.63. The number of hydrogen-bond donors (Lipinski definition) is 2. The monoisotopic (exact) mass is 356 g/mol. The van der Waals surface area contributed by atoms with Crippen molar-refractivity contribution >= 4 is 32.7 Å². The molecule has 0 bridgehead atoms. The van der Waals surface area contributed by atoms with Crippen LogP contribution in [-0.2, 0) is 6.54 Å². The van der Waals surface area contributed by atoms with E-state index in [1.807, 2.05) is 30.3 Å². The SMILES string of the molecule is O=C(NCc1ccc(Br)cc1)c1ccc2cccnc2c1O. The third-order valence-corrected chi connectivity index (χ3v) is 3.89. The van der Waals surface area contributed by atoms with E-state index in [1.165, 1.54) is 0 Å². The Morgan fingerprint density at radius 1 is 1.14 bits per heavy atom. The van der Waals surface area contributed by atoms with Crippen molar-refractivity contribution in [2.45, 2.75) is 6.54 Å². The van der Waals surface area contributed by atoms with Crippen LogP contribution in [0, 0.1) is 0 Å². The number of carbonyl (C=O) groups is 1. The average molecular weight is 357 g/mol. The van der Waals surface area contributed by atoms with E-state index in [9.17, 15) is 9.90 Å². The fraction of sp³-hybridized carbons (Fsp3) is 0.0588. The molecule has 0 aliphatic carbocycles. The zero-order valence-corrected chi connectivity index (χ0v) is 13.2. The highest BCUT2D eigenvalue weighted by molar-refractivity contribution is 9.10. The highest BCUT2D eigenvalue weighted by atomic mass is 79.9. The average Bonchev–Trinajstić information content (AvgIpc) is 2.55. The lowest BCUT2D eigenvalue weighted by molar-refractivity contribution is 0.0948. The standard InChI is InChI=1S/C17H13BrN2O2/c18-13-6-3-11(4-7-13)10-20-17(22)14-8-5-12-2-1-9-19-15(12)16(14)21/h1-9,21H,10H2,(H,20,22). The van der Waals surface area contributed by atoms with Gasteiger partial charge in [-0.2, -0.15) is 0 Å². The number of nitrogens with zero attached hydrogens (tertiary/aromatic N) is 1. The van der Waals surface area contributed by atoms with E-state index in [-0.39, 0.29) is 17.2 Å². The fourth-order valence-electron chi connectivity index (χ4n) is 2.19. The number of fused-ring (bicyclic) bond motifs is 1. The van der Waals surface area contributed by atoms with Crippen LogP contribution in [0.25, 0.3) is 10.9 Å². The van der Waals surface area contributed by atoms with Crippen molar-refractivity contribution < 1.29 is 9.90 Å². The van der Waals surface area contributed by atoms with Gasteiger partial charge in [0.15, 0.2) is 5.75 Å². The maximum atomic E-state index is 12.2. The van der Waals surface area contributed by atoms with Gasteiger partial charge in [0.2, 0.25) is 0 Å². The quantitative estimate of drug-likeness (QED) is 0.753. The summed E-state index contributed by atoms with van der Waals surface area (Å²) in [5.41, 5.74) is 1.64. The minimum atomic E-state index is -0.326. The molecule has 4 nitrogen and oxygen atoms in total. The molecule has 0 radical (unpaired) electrons. The van der Waals surface area contributed by atoms with Gasteiger partial charge in [0.1, 0.15) is 5.52 Å². The molecule has 1 amide bonds. The largest absolute Gasteiger partial charge is 0.505 e. The van der Waals surface area contributed by atoms with Gasteiger partial charge >= 0.3 is 0 Å². The summed E-state index contributed by atoms with van der Waals surface area (Å²) < 4.78 is 0.987. The Morgan fingerprint density at radius 2 is 1.91 bits per heavy atom. The second-order valence-corrected chi connectivity index (χ2v) is 5.76. The zero-order valence-electron chi connectivity index (χ0n) is 11.6. The van der Waals surface area contributed by atoms with E-state index in [0.717, 1.165) is 15.4 Å². The van der Waals surface area contributed by atoms with Crippen LogP contribution < -0.4 is 5.32 Å². The molecule has 1 heterocycles. The van der Waals surface area contributed by atoms with E-state index < -0.39 is 0 Å². The second kappa shape index (κ2) is 6.15. The van der Waals surface area contributed by atoms with Crippen LogP contribution in [-0.4, -0.2) is 16.0 Å². The van der Waals surface area contributed by atoms with E-state index in [2.05, 4.69) is 26.2 Å². The highest BCUT2D eigenvalue weighted by Crippen LogP contribution is 2.26. The molecule has 110 valence electrons. The Balaban J connectivity index is 1.80. The Morgan fingerprint density at radius 3 is 2.68 bits per heavy atom. The molecule has 0 unspecified atom stereocenters. The predicted molar refractivity (Wildman–Crippen MR) is 88.7 cm³/mol. The number of aromatic nitrogens is 1. The molecule has 0 saturated heterocycles. The van der Waals surface area contributed by atoms with Crippen molar-refractivity contribution in [2.75, 3.05) is 0 Å². The van der Waals surface area contributed by atoms with Crippen molar-refractivity contribution in [3.63, 3.8) is 0 Å². The molecule has 5 heteroatoms. The molecule has 0 spiro atoms. The first-order chi connectivity index (χ1) is 10.6. The van der Waals surface area contributed by atoms with Crippen LogP contribution in [0.1, 0.15) is 15.9 Å². The van der Waals surface area contributed by atoms with Gasteiger partial charge < -0.3 is 10.4 Å². The molecule has 22 heavy (non-hydrogen) atoms. The third-order valence-electron chi connectivity index (χ3n) is 3.36. The summed E-state index contributed by atoms with van der Waals surface area (Å²) in [5.74, 6) is -0.417. The highest BCUT2D eigenvalue weighted by Gasteiger charge is 2.14. The molecule has 3 aromatic rings. The first kappa shape index (κ1) is 14.5. The number of rotatable bonds is 3. The van der Waals surface area contributed by atoms with Crippen LogP contribution in [0.4, 0.5) is 0 Å². The van der Waals surface area contributed by atoms with E-state index in [0.29, 0.717) is 12.1 Å². The number of carbonyl (C=O) groups excluding carboxylic acids is 1. The normalized spacial score (nSPS) is 10.6. The summed E-state index contributed by atoms with van der Waals surface area (Å²) in [7, 11) is 0. The second-order valence-electron chi connectivity index (χ2n) is 4.85. The minimum absolute atomic E-state index is 0.0913. The summed E-state index contributed by atoms with van der Waals surface area (Å²) >= 11 is 3.37. The van der Waals surface area contributed by atoms with Crippen molar-refractivity contribution in [2.24, 2.45) is 0 Å². The molecule has 0 fully saturated rings. The van der Waals surface area contributed by atoms with E-state index >= 15 is 0 Å².